The lowest BCUT2D eigenvalue weighted by molar-refractivity contribution is -0.0417. The Bertz CT molecular complexity index is 1050. The summed E-state index contributed by atoms with van der Waals surface area (Å²) in [6, 6.07) is 10.9. The van der Waals surface area contributed by atoms with E-state index in [4.69, 9.17) is 16.3 Å². The van der Waals surface area contributed by atoms with Gasteiger partial charge < -0.3 is 15.2 Å². The molecule has 2 heterocycles. The third-order valence-corrected chi connectivity index (χ3v) is 5.60. The fraction of sp³-hybridized carbons (Fsp3) is 0.458. The quantitative estimate of drug-likeness (QED) is 0.327. The maximum absolute atomic E-state index is 11.5. The second-order valence-corrected chi connectivity index (χ2v) is 9.28. The minimum Gasteiger partial charge on any atom is -0.465 e. The van der Waals surface area contributed by atoms with Crippen molar-refractivity contribution in [2.45, 2.75) is 59.2 Å². The van der Waals surface area contributed by atoms with Crippen molar-refractivity contribution < 1.29 is 14.6 Å². The Morgan fingerprint density at radius 1 is 1.28 bits per heavy atom. The number of aryl methyl sites for hydroxylation is 2. The summed E-state index contributed by atoms with van der Waals surface area (Å²) >= 11 is 6.21. The van der Waals surface area contributed by atoms with Crippen molar-refractivity contribution >= 4 is 28.6 Å². The molecule has 2 aromatic heterocycles. The van der Waals surface area contributed by atoms with E-state index < -0.39 is 12.1 Å². The van der Waals surface area contributed by atoms with E-state index in [1.165, 1.54) is 0 Å². The summed E-state index contributed by atoms with van der Waals surface area (Å²) in [5.74, 6) is 0. The number of benzene rings is 1. The monoisotopic (exact) mass is 458 g/mol. The molecule has 2 N–H and O–H groups in total. The summed E-state index contributed by atoms with van der Waals surface area (Å²) in [4.78, 5) is 16.1. The smallest absolute Gasteiger partial charge is 0.405 e. The first kappa shape index (κ1) is 24.0. The van der Waals surface area contributed by atoms with Crippen LogP contribution in [-0.4, -0.2) is 38.7 Å². The van der Waals surface area contributed by atoms with Crippen LogP contribution in [0.2, 0.25) is 5.15 Å². The fourth-order valence-electron chi connectivity index (χ4n) is 4.00. The first-order valence-corrected chi connectivity index (χ1v) is 11.3. The van der Waals surface area contributed by atoms with Crippen LogP contribution in [0.25, 0.3) is 10.9 Å². The minimum absolute atomic E-state index is 0.286. The highest BCUT2D eigenvalue weighted by atomic mass is 35.5. The number of carboxylic acid groups (broad SMARTS) is 1. The van der Waals surface area contributed by atoms with Crippen LogP contribution in [0.1, 0.15) is 51.4 Å². The Kier molecular flexibility index (Phi) is 7.74. The number of hydrogen-bond donors (Lipinski definition) is 2. The van der Waals surface area contributed by atoms with Gasteiger partial charge in [-0.15, -0.1) is 0 Å². The topological polar surface area (TPSA) is 89.3 Å². The van der Waals surface area contributed by atoms with Crippen molar-refractivity contribution in [2.24, 2.45) is 5.41 Å². The highest BCUT2D eigenvalue weighted by molar-refractivity contribution is 6.30. The largest absolute Gasteiger partial charge is 0.465 e. The second-order valence-electron chi connectivity index (χ2n) is 8.89. The zero-order chi connectivity index (χ0) is 23.3. The highest BCUT2D eigenvalue weighted by Gasteiger charge is 2.35. The Balaban J connectivity index is 1.75. The molecule has 0 aliphatic rings. The van der Waals surface area contributed by atoms with E-state index in [-0.39, 0.29) is 11.5 Å². The molecule has 0 saturated heterocycles. The maximum atomic E-state index is 11.5. The van der Waals surface area contributed by atoms with Gasteiger partial charge in [-0.05, 0) is 36.8 Å². The van der Waals surface area contributed by atoms with Crippen LogP contribution in [0.15, 0.2) is 42.6 Å². The molecule has 0 aliphatic carbocycles. The van der Waals surface area contributed by atoms with Crippen molar-refractivity contribution in [3.8, 4) is 0 Å². The maximum Gasteiger partial charge on any atom is 0.405 e. The Labute approximate surface area is 193 Å². The standard InChI is InChI=1S/C24H31ClN4O3/c1-5-29-21-17(15-26-29)14-19(25)27-18(21)12-9-13-32-22(24(2,3)4)20(28-23(30)31)16-10-7-6-8-11-16/h6-8,10-11,14-15,20,22,28H,5,9,12-13H2,1-4H3,(H,30,31)/t20?,22-/m1/s1. The third kappa shape index (κ3) is 5.78. The van der Waals surface area contributed by atoms with Crippen LogP contribution in [0.4, 0.5) is 4.79 Å². The van der Waals surface area contributed by atoms with E-state index in [1.54, 1.807) is 0 Å². The molecule has 8 heteroatoms. The van der Waals surface area contributed by atoms with E-state index >= 15 is 0 Å². The Morgan fingerprint density at radius 2 is 2.00 bits per heavy atom. The molecule has 0 fully saturated rings. The fourth-order valence-corrected chi connectivity index (χ4v) is 4.22. The van der Waals surface area contributed by atoms with E-state index in [0.29, 0.717) is 18.2 Å². The molecule has 3 aromatic rings. The van der Waals surface area contributed by atoms with Crippen LogP contribution in [0.3, 0.4) is 0 Å². The molecule has 1 unspecified atom stereocenters. The van der Waals surface area contributed by atoms with Gasteiger partial charge in [0.15, 0.2) is 0 Å². The van der Waals surface area contributed by atoms with Crippen LogP contribution in [0, 0.1) is 5.41 Å². The predicted molar refractivity (Wildman–Crippen MR) is 126 cm³/mol. The average Bonchev–Trinajstić information content (AvgIpc) is 3.14. The lowest BCUT2D eigenvalue weighted by Crippen LogP contribution is -2.44. The van der Waals surface area contributed by atoms with Crippen LogP contribution >= 0.6 is 11.6 Å². The van der Waals surface area contributed by atoms with Gasteiger partial charge in [0.1, 0.15) is 5.15 Å². The number of nitrogens with one attached hydrogen (secondary N) is 1. The summed E-state index contributed by atoms with van der Waals surface area (Å²) in [6.07, 6.45) is 1.79. The molecular formula is C24H31ClN4O3. The van der Waals surface area contributed by atoms with E-state index in [2.05, 4.69) is 36.2 Å². The van der Waals surface area contributed by atoms with E-state index in [0.717, 1.165) is 35.1 Å². The van der Waals surface area contributed by atoms with Gasteiger partial charge in [-0.3, -0.25) is 4.68 Å². The second kappa shape index (κ2) is 10.3. The first-order valence-electron chi connectivity index (χ1n) is 10.9. The van der Waals surface area contributed by atoms with Crippen LogP contribution < -0.4 is 5.32 Å². The van der Waals surface area contributed by atoms with Crippen molar-refractivity contribution in [3.05, 3.63) is 59.0 Å². The molecule has 172 valence electrons. The third-order valence-electron chi connectivity index (χ3n) is 5.41. The summed E-state index contributed by atoms with van der Waals surface area (Å²) in [5, 5.41) is 17.9. The first-order chi connectivity index (χ1) is 15.2. The van der Waals surface area contributed by atoms with Crippen molar-refractivity contribution in [1.29, 1.82) is 0 Å². The summed E-state index contributed by atoms with van der Waals surface area (Å²) < 4.78 is 8.24. The highest BCUT2D eigenvalue weighted by Crippen LogP contribution is 2.33. The van der Waals surface area contributed by atoms with Crippen LogP contribution in [0.5, 0.6) is 0 Å². The number of amides is 1. The summed E-state index contributed by atoms with van der Waals surface area (Å²) in [7, 11) is 0. The van der Waals surface area contributed by atoms with Gasteiger partial charge in [-0.25, -0.2) is 9.78 Å². The lowest BCUT2D eigenvalue weighted by atomic mass is 9.82. The molecule has 3 rings (SSSR count). The molecule has 0 radical (unpaired) electrons. The number of ether oxygens (including phenoxy) is 1. The molecule has 1 aromatic carbocycles. The van der Waals surface area contributed by atoms with Crippen molar-refractivity contribution in [2.75, 3.05) is 6.61 Å². The van der Waals surface area contributed by atoms with Gasteiger partial charge in [-0.1, -0.05) is 62.7 Å². The predicted octanol–water partition coefficient (Wildman–Crippen LogP) is 5.48. The number of fused-ring (bicyclic) bond motifs is 1. The minimum atomic E-state index is -1.07. The average molecular weight is 459 g/mol. The van der Waals surface area contributed by atoms with Crippen molar-refractivity contribution in [3.63, 3.8) is 0 Å². The molecule has 2 atom stereocenters. The van der Waals surface area contributed by atoms with Gasteiger partial charge in [0.2, 0.25) is 0 Å². The van der Waals surface area contributed by atoms with Gasteiger partial charge in [-0.2, -0.15) is 5.10 Å². The number of carbonyl (C=O) groups is 1. The number of halogens is 1. The van der Waals surface area contributed by atoms with Gasteiger partial charge >= 0.3 is 6.09 Å². The molecule has 0 spiro atoms. The lowest BCUT2D eigenvalue weighted by Gasteiger charge is -2.37. The van der Waals surface area contributed by atoms with Gasteiger partial charge in [0.25, 0.3) is 0 Å². The molecule has 0 bridgehead atoms. The molecule has 0 aliphatic heterocycles. The summed E-state index contributed by atoms with van der Waals surface area (Å²) in [6.45, 7) is 9.42. The number of pyridine rings is 1. The molecule has 1 amide bonds. The van der Waals surface area contributed by atoms with Gasteiger partial charge in [0, 0.05) is 18.5 Å². The SMILES string of the molecule is CCn1ncc2cc(Cl)nc(CCCO[C@H](C(NC(=O)O)c3ccccc3)C(C)(C)C)c21. The van der Waals surface area contributed by atoms with E-state index in [1.807, 2.05) is 54.2 Å². The zero-order valence-corrected chi connectivity index (χ0v) is 19.8. The van der Waals surface area contributed by atoms with Crippen molar-refractivity contribution in [1.82, 2.24) is 20.1 Å². The van der Waals surface area contributed by atoms with E-state index in [9.17, 15) is 9.90 Å². The van der Waals surface area contributed by atoms with Crippen LogP contribution in [-0.2, 0) is 17.7 Å². The number of rotatable bonds is 9. The number of aromatic nitrogens is 3. The summed E-state index contributed by atoms with van der Waals surface area (Å²) in [5.41, 5.74) is 2.48. The molecule has 0 saturated carbocycles. The zero-order valence-electron chi connectivity index (χ0n) is 19.0. The normalized spacial score (nSPS) is 13.8. The Morgan fingerprint density at radius 3 is 2.62 bits per heavy atom. The Hall–Kier alpha value is -2.64. The number of hydrogen-bond acceptors (Lipinski definition) is 4. The molecular weight excluding hydrogens is 428 g/mol. The van der Waals surface area contributed by atoms with Gasteiger partial charge in [0.05, 0.1) is 29.6 Å². The molecule has 32 heavy (non-hydrogen) atoms. The number of nitrogens with zero attached hydrogens (tertiary/aromatic N) is 3. The molecule has 7 nitrogen and oxygen atoms in total.